The van der Waals surface area contributed by atoms with Gasteiger partial charge in [-0.3, -0.25) is 4.79 Å². The zero-order valence-electron chi connectivity index (χ0n) is 37.1. The summed E-state index contributed by atoms with van der Waals surface area (Å²) in [6.07, 6.45) is -53.9. The Bertz CT molecular complexity index is 2810. The lowest BCUT2D eigenvalue weighted by atomic mass is 9.12. The number of hydrogen-bond donors (Lipinski definition) is 0. The van der Waals surface area contributed by atoms with E-state index in [4.69, 9.17) is 0 Å². The number of halogens is 24. The molecule has 0 bridgehead atoms. The van der Waals surface area contributed by atoms with E-state index in [-0.39, 0.29) is 0 Å². The topological polar surface area (TPSA) is 20.9 Å². The van der Waals surface area contributed by atoms with E-state index in [1.165, 1.54) is 5.56 Å². The fourth-order valence-electron chi connectivity index (χ4n) is 8.39. The number of aldehydes is 1. The molecule has 0 atom stereocenters. The summed E-state index contributed by atoms with van der Waals surface area (Å²) < 4.78 is 343. The lowest BCUT2D eigenvalue weighted by molar-refractivity contribution is -0.663. The van der Waals surface area contributed by atoms with Crippen LogP contribution in [0.1, 0.15) is 60.6 Å². The van der Waals surface area contributed by atoms with Crippen LogP contribution in [0.3, 0.4) is 0 Å². The minimum atomic E-state index is -6.13. The van der Waals surface area contributed by atoms with Gasteiger partial charge in [0.25, 0.3) is 0 Å². The molecule has 0 aliphatic heterocycles. The summed E-state index contributed by atoms with van der Waals surface area (Å²) >= 11 is 0. The van der Waals surface area contributed by atoms with E-state index in [1.54, 1.807) is 0 Å². The number of para-hydroxylation sites is 1. The number of pyridine rings is 1. The maximum Gasteiger partial charge on any atom is 0.416 e. The molecular formula is C49H26BF24NO. The molecule has 0 unspecified atom stereocenters. The molecule has 0 fully saturated rings. The molecule has 27 heteroatoms. The van der Waals surface area contributed by atoms with Gasteiger partial charge in [0.05, 0.1) is 44.5 Å². The summed E-state index contributed by atoms with van der Waals surface area (Å²) in [7, 11) is 0. The third-order valence-corrected chi connectivity index (χ3v) is 11.7. The normalized spacial score (nSPS) is 13.4. The molecular weight excluding hydrogens is 1090 g/mol. The number of nitrogens with zero attached hydrogens (tertiary/aromatic N) is 1. The van der Waals surface area contributed by atoms with Crippen molar-refractivity contribution < 1.29 is 115 Å². The monoisotopic (exact) mass is 1110 g/mol. The summed E-state index contributed by atoms with van der Waals surface area (Å²) in [4.78, 5) is 11.2. The average Bonchev–Trinajstić information content (AvgIpc) is 3.30. The minimum absolute atomic E-state index is 0.691. The molecule has 1 heterocycles. The Hall–Kier alpha value is -7.22. The first-order valence-electron chi connectivity index (χ1n) is 20.9. The van der Waals surface area contributed by atoms with Gasteiger partial charge in [0, 0.05) is 23.1 Å². The van der Waals surface area contributed by atoms with Crippen molar-refractivity contribution in [2.24, 2.45) is 0 Å². The van der Waals surface area contributed by atoms with Crippen LogP contribution in [0.5, 0.6) is 0 Å². The highest BCUT2D eigenvalue weighted by Crippen LogP contribution is 2.41. The molecule has 0 amide bonds. The lowest BCUT2D eigenvalue weighted by Gasteiger charge is -2.46. The van der Waals surface area contributed by atoms with Gasteiger partial charge in [-0.05, 0) is 36.4 Å². The zero-order chi connectivity index (χ0) is 57.0. The fraction of sp³-hybridized carbons (Fsp3) is 0.184. The largest absolute Gasteiger partial charge is 0.416 e. The number of hydrogen-bond acceptors (Lipinski definition) is 1. The van der Waals surface area contributed by atoms with Crippen LogP contribution >= 0.6 is 0 Å². The molecule has 0 radical (unpaired) electrons. The molecule has 0 saturated carbocycles. The fourth-order valence-corrected chi connectivity index (χ4v) is 8.39. The second kappa shape index (κ2) is 20.1. The first-order valence-corrected chi connectivity index (χ1v) is 20.9. The van der Waals surface area contributed by atoms with Gasteiger partial charge in [0.15, 0.2) is 6.54 Å². The van der Waals surface area contributed by atoms with Crippen LogP contribution in [-0.2, 0) is 56.0 Å². The third-order valence-electron chi connectivity index (χ3n) is 11.7. The summed E-state index contributed by atoms with van der Waals surface area (Å²) in [5, 5.41) is 1.14. The molecule has 76 heavy (non-hydrogen) atoms. The van der Waals surface area contributed by atoms with Crippen LogP contribution in [0.2, 0.25) is 0 Å². The molecule has 0 saturated heterocycles. The number of fused-ring (bicyclic) bond motifs is 1. The van der Waals surface area contributed by atoms with Gasteiger partial charge in [-0.15, -0.1) is 0 Å². The van der Waals surface area contributed by atoms with Crippen LogP contribution in [0, 0.1) is 0 Å². The Kier molecular flexibility index (Phi) is 15.3. The van der Waals surface area contributed by atoms with Gasteiger partial charge >= 0.3 is 49.4 Å². The van der Waals surface area contributed by atoms with E-state index < -0.39 is 195 Å². The van der Waals surface area contributed by atoms with Gasteiger partial charge in [-0.25, -0.2) is 0 Å². The molecule has 1 aromatic heterocycles. The Morgan fingerprint density at radius 2 is 0.592 bits per heavy atom. The SMILES string of the molecule is FC(F)(F)c1cc([B-](c2cc(C(F)(F)F)cc(C(F)(F)F)c2)(c2cc(C(F)(F)F)cc(C(F)(F)F)c2)c2cc(C(F)(F)F)cc(C(F)(F)F)c2)cc(C(F)(F)F)c1.O=Cc1ccc2ccccc2[n+]1Cc1ccccc1. The standard InChI is InChI=1S/C32H12BF24.C17H14NO/c34-25(35,36)13-1-14(26(37,38)39)6-21(5-13)33(22-7-15(27(40,41)42)2-16(8-22)28(43,44)45,23-9-17(29(46,47)48)3-18(10-23)30(49,50)51)24-11-19(31(52,53)54)4-20(12-24)32(55,56)57;19-13-16-11-10-15-8-4-5-9-17(15)18(16)12-14-6-2-1-3-7-14/h1-12H;1-11,13H,12H2/q-1;+1. The van der Waals surface area contributed by atoms with Crippen molar-refractivity contribution in [2.45, 2.75) is 56.0 Å². The first-order chi connectivity index (χ1) is 34.6. The summed E-state index contributed by atoms with van der Waals surface area (Å²) in [5.41, 5.74) is -27.2. The van der Waals surface area contributed by atoms with E-state index in [2.05, 4.69) is 22.8 Å². The lowest BCUT2D eigenvalue weighted by Crippen LogP contribution is -2.75. The Morgan fingerprint density at radius 1 is 0.329 bits per heavy atom. The van der Waals surface area contributed by atoms with Crippen LogP contribution in [0.15, 0.2) is 140 Å². The molecule has 7 rings (SSSR count). The van der Waals surface area contributed by atoms with Crippen LogP contribution in [0.4, 0.5) is 105 Å². The molecule has 0 N–H and O–H groups in total. The summed E-state index contributed by atoms with van der Waals surface area (Å²) in [6.45, 7) is 0.705. The molecule has 2 nitrogen and oxygen atoms in total. The Balaban J connectivity index is 0.000000408. The highest BCUT2D eigenvalue weighted by Gasteiger charge is 2.47. The van der Waals surface area contributed by atoms with E-state index in [0.29, 0.717) is 12.2 Å². The summed E-state index contributed by atoms with van der Waals surface area (Å²) in [6, 6.07) is 13.3. The second-order valence-corrected chi connectivity index (χ2v) is 16.7. The molecule has 0 spiro atoms. The second-order valence-electron chi connectivity index (χ2n) is 16.7. The number of aromatic nitrogens is 1. The van der Waals surface area contributed by atoms with E-state index in [9.17, 15) is 110 Å². The maximum atomic E-state index is 14.2. The first kappa shape index (κ1) is 58.1. The van der Waals surface area contributed by atoms with Crippen LogP contribution in [-0.4, -0.2) is 12.4 Å². The predicted octanol–water partition coefficient (Wildman–Crippen LogP) is 14.2. The molecule has 6 aromatic carbocycles. The number of benzene rings is 6. The predicted molar refractivity (Wildman–Crippen MR) is 225 cm³/mol. The van der Waals surface area contributed by atoms with Crippen molar-refractivity contribution in [3.8, 4) is 0 Å². The van der Waals surface area contributed by atoms with Crippen molar-refractivity contribution in [1.82, 2.24) is 0 Å². The van der Waals surface area contributed by atoms with Gasteiger partial charge in [0.2, 0.25) is 17.5 Å². The molecule has 0 aliphatic rings. The average molecular weight is 1110 g/mol. The van der Waals surface area contributed by atoms with Crippen molar-refractivity contribution in [2.75, 3.05) is 0 Å². The van der Waals surface area contributed by atoms with Gasteiger partial charge < -0.3 is 0 Å². The maximum absolute atomic E-state index is 14.2. The molecule has 404 valence electrons. The number of rotatable bonds is 7. The quantitative estimate of drug-likeness (QED) is 0.0674. The van der Waals surface area contributed by atoms with Crippen molar-refractivity contribution in [1.29, 1.82) is 0 Å². The number of carbonyl (C=O) groups excluding carboxylic acids is 1. The van der Waals surface area contributed by atoms with Crippen LogP contribution in [0.25, 0.3) is 10.9 Å². The summed E-state index contributed by atoms with van der Waals surface area (Å²) in [5.74, 6) is 0. The highest BCUT2D eigenvalue weighted by molar-refractivity contribution is 7.20. The number of carbonyl (C=O) groups is 1. The Labute approximate surface area is 410 Å². The number of alkyl halides is 24. The van der Waals surface area contributed by atoms with E-state index >= 15 is 0 Å². The van der Waals surface area contributed by atoms with Crippen molar-refractivity contribution in [3.05, 3.63) is 195 Å². The van der Waals surface area contributed by atoms with Crippen LogP contribution < -0.4 is 26.4 Å². The van der Waals surface area contributed by atoms with Gasteiger partial charge in [-0.2, -0.15) is 132 Å². The van der Waals surface area contributed by atoms with E-state index in [0.717, 1.165) is 17.2 Å². The minimum Gasteiger partial charge on any atom is -0.291 e. The molecule has 7 aromatic rings. The molecule has 0 aliphatic carbocycles. The van der Waals surface area contributed by atoms with Crippen molar-refractivity contribution in [3.63, 3.8) is 0 Å². The van der Waals surface area contributed by atoms with Gasteiger partial charge in [0.1, 0.15) is 6.15 Å². The smallest absolute Gasteiger partial charge is 0.291 e. The third kappa shape index (κ3) is 12.7. The van der Waals surface area contributed by atoms with E-state index in [1.807, 2.05) is 48.5 Å². The highest BCUT2D eigenvalue weighted by atomic mass is 19.4. The zero-order valence-corrected chi connectivity index (χ0v) is 37.1. The van der Waals surface area contributed by atoms with Gasteiger partial charge in [-0.1, -0.05) is 91.0 Å². The van der Waals surface area contributed by atoms with Crippen molar-refractivity contribution >= 4 is 45.2 Å². The Morgan fingerprint density at radius 3 is 0.855 bits per heavy atom.